The van der Waals surface area contributed by atoms with Crippen LogP contribution in [0.5, 0.6) is 0 Å². The molecule has 1 aliphatic carbocycles. The highest BCUT2D eigenvalue weighted by Gasteiger charge is 2.30. The highest BCUT2D eigenvalue weighted by Crippen LogP contribution is 2.39. The Balaban J connectivity index is 1.24. The number of benzene rings is 2. The van der Waals surface area contributed by atoms with Crippen molar-refractivity contribution in [3.8, 4) is 11.3 Å². The fraction of sp³-hybridized carbons (Fsp3) is 0.375. The second kappa shape index (κ2) is 7.32. The molecule has 27 heavy (non-hydrogen) atoms. The second-order valence-electron chi connectivity index (χ2n) is 7.88. The van der Waals surface area contributed by atoms with Gasteiger partial charge in [-0.15, -0.1) is 0 Å². The van der Waals surface area contributed by atoms with Crippen molar-refractivity contribution in [1.29, 1.82) is 0 Å². The maximum absolute atomic E-state index is 5.84. The molecule has 3 nitrogen and oxygen atoms in total. The van der Waals surface area contributed by atoms with Crippen LogP contribution in [-0.4, -0.2) is 29.7 Å². The van der Waals surface area contributed by atoms with Crippen LogP contribution < -0.4 is 0 Å². The Labute approximate surface area is 161 Å². The summed E-state index contributed by atoms with van der Waals surface area (Å²) >= 11 is 0. The molecular weight excluding hydrogens is 332 g/mol. The quantitative estimate of drug-likeness (QED) is 0.667. The number of rotatable bonds is 4. The molecule has 1 saturated heterocycles. The van der Waals surface area contributed by atoms with E-state index in [1.165, 1.54) is 40.8 Å². The summed E-state index contributed by atoms with van der Waals surface area (Å²) in [5, 5.41) is 4.55. The van der Waals surface area contributed by atoms with E-state index in [4.69, 9.17) is 4.52 Å². The third-order valence-corrected chi connectivity index (χ3v) is 6.26. The van der Waals surface area contributed by atoms with Gasteiger partial charge in [0.05, 0.1) is 5.69 Å². The van der Waals surface area contributed by atoms with Crippen molar-refractivity contribution in [2.45, 2.75) is 38.0 Å². The SMILES string of the molecule is c1ccc(CCN2CCC(c3noc4c3CCc3ccccc3-4)CC2)cc1. The first-order valence-corrected chi connectivity index (χ1v) is 10.2. The Morgan fingerprint density at radius 1 is 0.926 bits per heavy atom. The summed E-state index contributed by atoms with van der Waals surface area (Å²) in [5.41, 5.74) is 6.68. The van der Waals surface area contributed by atoms with Gasteiger partial charge in [0.15, 0.2) is 5.76 Å². The van der Waals surface area contributed by atoms with Gasteiger partial charge in [0, 0.05) is 23.6 Å². The molecule has 1 aliphatic heterocycles. The number of likely N-dealkylation sites (tertiary alicyclic amines) is 1. The Hall–Kier alpha value is -2.39. The van der Waals surface area contributed by atoms with Crippen molar-refractivity contribution < 1.29 is 4.52 Å². The molecule has 0 atom stereocenters. The molecule has 3 aromatic rings. The van der Waals surface area contributed by atoms with Crippen LogP contribution in [0.1, 0.15) is 41.1 Å². The van der Waals surface area contributed by atoms with Crippen LogP contribution in [0, 0.1) is 0 Å². The van der Waals surface area contributed by atoms with Gasteiger partial charge in [-0.25, -0.2) is 0 Å². The zero-order valence-corrected chi connectivity index (χ0v) is 15.7. The third kappa shape index (κ3) is 3.32. The summed E-state index contributed by atoms with van der Waals surface area (Å²) < 4.78 is 5.84. The molecule has 138 valence electrons. The maximum Gasteiger partial charge on any atom is 0.170 e. The maximum atomic E-state index is 5.84. The van der Waals surface area contributed by atoms with E-state index >= 15 is 0 Å². The van der Waals surface area contributed by atoms with Crippen molar-refractivity contribution in [3.05, 3.63) is 77.0 Å². The minimum absolute atomic E-state index is 0.552. The Morgan fingerprint density at radius 2 is 1.70 bits per heavy atom. The first-order chi connectivity index (χ1) is 13.4. The minimum atomic E-state index is 0.552. The topological polar surface area (TPSA) is 29.3 Å². The average Bonchev–Trinajstić information content (AvgIpc) is 3.18. The van der Waals surface area contributed by atoms with Crippen LogP contribution >= 0.6 is 0 Å². The van der Waals surface area contributed by atoms with Crippen molar-refractivity contribution in [1.82, 2.24) is 10.1 Å². The molecule has 0 spiro atoms. The number of aromatic nitrogens is 1. The number of nitrogens with zero attached hydrogens (tertiary/aromatic N) is 2. The van der Waals surface area contributed by atoms with Crippen LogP contribution in [0.4, 0.5) is 0 Å². The molecule has 2 aromatic carbocycles. The number of hydrogen-bond acceptors (Lipinski definition) is 3. The molecule has 2 heterocycles. The lowest BCUT2D eigenvalue weighted by atomic mass is 9.84. The molecule has 3 heteroatoms. The van der Waals surface area contributed by atoms with Crippen LogP contribution in [0.15, 0.2) is 59.1 Å². The fourth-order valence-corrected chi connectivity index (χ4v) is 4.68. The lowest BCUT2D eigenvalue weighted by Gasteiger charge is -2.31. The molecule has 0 saturated carbocycles. The molecule has 2 aliphatic rings. The van der Waals surface area contributed by atoms with Crippen LogP contribution in [-0.2, 0) is 19.3 Å². The minimum Gasteiger partial charge on any atom is -0.356 e. The lowest BCUT2D eigenvalue weighted by Crippen LogP contribution is -2.34. The van der Waals surface area contributed by atoms with Crippen LogP contribution in [0.3, 0.4) is 0 Å². The molecule has 5 rings (SSSR count). The van der Waals surface area contributed by atoms with Gasteiger partial charge in [0.1, 0.15) is 0 Å². The third-order valence-electron chi connectivity index (χ3n) is 6.26. The Kier molecular flexibility index (Phi) is 4.54. The highest BCUT2D eigenvalue weighted by atomic mass is 16.5. The van der Waals surface area contributed by atoms with Gasteiger partial charge in [-0.1, -0.05) is 59.8 Å². The first kappa shape index (κ1) is 16.8. The fourth-order valence-electron chi connectivity index (χ4n) is 4.68. The highest BCUT2D eigenvalue weighted by molar-refractivity contribution is 5.68. The van der Waals surface area contributed by atoms with E-state index in [0.717, 1.165) is 44.7 Å². The van der Waals surface area contributed by atoms with Gasteiger partial charge in [-0.05, 0) is 56.3 Å². The second-order valence-corrected chi connectivity index (χ2v) is 7.88. The van der Waals surface area contributed by atoms with Gasteiger partial charge in [-0.3, -0.25) is 0 Å². The van der Waals surface area contributed by atoms with Gasteiger partial charge in [-0.2, -0.15) is 0 Å². The molecule has 1 fully saturated rings. The average molecular weight is 358 g/mol. The van der Waals surface area contributed by atoms with Crippen molar-refractivity contribution >= 4 is 0 Å². The van der Waals surface area contributed by atoms with E-state index < -0.39 is 0 Å². The van der Waals surface area contributed by atoms with Crippen LogP contribution in [0.25, 0.3) is 11.3 Å². The monoisotopic (exact) mass is 358 g/mol. The Bertz CT molecular complexity index is 907. The van der Waals surface area contributed by atoms with E-state index in [2.05, 4.69) is 64.7 Å². The zero-order chi connectivity index (χ0) is 18.1. The molecule has 1 aromatic heterocycles. The number of piperidine rings is 1. The predicted octanol–water partition coefficient (Wildman–Crippen LogP) is 4.86. The molecule has 0 unspecified atom stereocenters. The number of hydrogen-bond donors (Lipinski definition) is 0. The van der Waals surface area contributed by atoms with Crippen molar-refractivity contribution in [2.75, 3.05) is 19.6 Å². The first-order valence-electron chi connectivity index (χ1n) is 10.2. The smallest absolute Gasteiger partial charge is 0.170 e. The van der Waals surface area contributed by atoms with Gasteiger partial charge < -0.3 is 9.42 Å². The molecular formula is C24H26N2O. The van der Waals surface area contributed by atoms with E-state index in [1.54, 1.807) is 0 Å². The standard InChI is InChI=1S/C24H26N2O/c1-2-6-18(7-3-1)12-15-26-16-13-20(14-17-26)23-22-11-10-19-8-4-5-9-21(19)24(22)27-25-23/h1-9,20H,10-17H2. The molecule has 0 bridgehead atoms. The van der Waals surface area contributed by atoms with E-state index in [0.29, 0.717) is 5.92 Å². The van der Waals surface area contributed by atoms with Gasteiger partial charge in [0.2, 0.25) is 0 Å². The summed E-state index contributed by atoms with van der Waals surface area (Å²) in [7, 11) is 0. The zero-order valence-electron chi connectivity index (χ0n) is 15.7. The molecule has 0 radical (unpaired) electrons. The summed E-state index contributed by atoms with van der Waals surface area (Å²) in [6.07, 6.45) is 5.69. The van der Waals surface area contributed by atoms with Crippen molar-refractivity contribution in [3.63, 3.8) is 0 Å². The largest absolute Gasteiger partial charge is 0.356 e. The summed E-state index contributed by atoms with van der Waals surface area (Å²) in [6, 6.07) is 19.4. The summed E-state index contributed by atoms with van der Waals surface area (Å²) in [5.74, 6) is 1.58. The number of fused-ring (bicyclic) bond motifs is 3. The van der Waals surface area contributed by atoms with E-state index in [9.17, 15) is 0 Å². The van der Waals surface area contributed by atoms with E-state index in [1.807, 2.05) is 0 Å². The van der Waals surface area contributed by atoms with Gasteiger partial charge >= 0.3 is 0 Å². The normalized spacial score (nSPS) is 17.5. The Morgan fingerprint density at radius 3 is 2.56 bits per heavy atom. The number of aryl methyl sites for hydroxylation is 1. The molecule has 0 N–H and O–H groups in total. The predicted molar refractivity (Wildman–Crippen MR) is 108 cm³/mol. The van der Waals surface area contributed by atoms with Crippen molar-refractivity contribution in [2.24, 2.45) is 0 Å². The van der Waals surface area contributed by atoms with Crippen LogP contribution in [0.2, 0.25) is 0 Å². The van der Waals surface area contributed by atoms with Gasteiger partial charge in [0.25, 0.3) is 0 Å². The summed E-state index contributed by atoms with van der Waals surface area (Å²) in [4.78, 5) is 2.60. The lowest BCUT2D eigenvalue weighted by molar-refractivity contribution is 0.211. The summed E-state index contributed by atoms with van der Waals surface area (Å²) in [6.45, 7) is 3.48. The van der Waals surface area contributed by atoms with E-state index in [-0.39, 0.29) is 0 Å². The molecule has 0 amide bonds.